The molecular weight excluding hydrogens is 126 g/mol. The topological polar surface area (TPSA) is 29.1 Å². The second-order valence-electron chi connectivity index (χ2n) is 3.51. The summed E-state index contributed by atoms with van der Waals surface area (Å²) in [5.74, 6) is 1.90. The molecule has 2 aliphatic carbocycles. The highest BCUT2D eigenvalue weighted by Crippen LogP contribution is 2.47. The van der Waals surface area contributed by atoms with Crippen molar-refractivity contribution in [3.05, 3.63) is 12.2 Å². The number of hydrogen-bond donors (Lipinski definition) is 1. The average molecular weight is 135 g/mol. The van der Waals surface area contributed by atoms with Gasteiger partial charge in [-0.15, -0.1) is 0 Å². The summed E-state index contributed by atoms with van der Waals surface area (Å²) in [7, 11) is 0. The molecule has 2 bridgehead atoms. The highest BCUT2D eigenvalue weighted by Gasteiger charge is 2.54. The molecule has 0 radical (unpaired) electrons. The number of nitrogens with one attached hydrogen (secondary N) is 1. The van der Waals surface area contributed by atoms with Crippen molar-refractivity contribution in [1.29, 1.82) is 0 Å². The van der Waals surface area contributed by atoms with Gasteiger partial charge in [-0.05, 0) is 18.3 Å². The minimum Gasteiger partial charge on any atom is -0.352 e. The molecule has 2 heteroatoms. The van der Waals surface area contributed by atoms with Gasteiger partial charge in [0.2, 0.25) is 5.91 Å². The zero-order chi connectivity index (χ0) is 6.72. The number of carbonyl (C=O) groups excluding carboxylic acids is 1. The monoisotopic (exact) mass is 135 g/mol. The van der Waals surface area contributed by atoms with Gasteiger partial charge in [0.25, 0.3) is 0 Å². The average Bonchev–Trinajstić information content (AvgIpc) is 2.40. The molecule has 10 heavy (non-hydrogen) atoms. The van der Waals surface area contributed by atoms with Crippen molar-refractivity contribution in [2.45, 2.75) is 12.5 Å². The Bertz CT molecular complexity index is 233. The Morgan fingerprint density at radius 3 is 2.80 bits per heavy atom. The van der Waals surface area contributed by atoms with E-state index in [9.17, 15) is 4.79 Å². The van der Waals surface area contributed by atoms with Crippen LogP contribution in [0.2, 0.25) is 0 Å². The summed E-state index contributed by atoms with van der Waals surface area (Å²) < 4.78 is 0. The van der Waals surface area contributed by atoms with Crippen LogP contribution >= 0.6 is 0 Å². The number of amides is 1. The number of allylic oxidation sites excluding steroid dienone is 1. The number of hydrogen-bond acceptors (Lipinski definition) is 1. The van der Waals surface area contributed by atoms with E-state index in [4.69, 9.17) is 0 Å². The molecule has 0 spiro atoms. The minimum atomic E-state index is 0.279. The standard InChI is InChI=1S/C8H9NO/c10-8-6-4-1-2-5(3-4)7(6)9-8/h1-2,4-7H,3H2,(H,9,10)/t4?,5-,6-,7+/m0/s1. The molecule has 1 amide bonds. The summed E-state index contributed by atoms with van der Waals surface area (Å²) in [6.45, 7) is 0. The molecule has 3 aliphatic rings. The molecule has 1 N–H and O–H groups in total. The fourth-order valence-corrected chi connectivity index (χ4v) is 2.54. The lowest BCUT2D eigenvalue weighted by Gasteiger charge is -2.37. The van der Waals surface area contributed by atoms with Crippen molar-refractivity contribution in [3.63, 3.8) is 0 Å². The smallest absolute Gasteiger partial charge is 0.226 e. The minimum absolute atomic E-state index is 0.279. The van der Waals surface area contributed by atoms with Crippen molar-refractivity contribution in [2.75, 3.05) is 0 Å². The first-order valence-corrected chi connectivity index (χ1v) is 3.85. The van der Waals surface area contributed by atoms with Gasteiger partial charge in [0.15, 0.2) is 0 Å². The second-order valence-corrected chi connectivity index (χ2v) is 3.51. The molecule has 4 atom stereocenters. The molecular formula is C8H9NO. The van der Waals surface area contributed by atoms with E-state index in [-0.39, 0.29) is 5.91 Å². The highest BCUT2D eigenvalue weighted by molar-refractivity contribution is 5.87. The van der Waals surface area contributed by atoms with E-state index in [2.05, 4.69) is 17.5 Å². The van der Waals surface area contributed by atoms with Crippen LogP contribution in [0.25, 0.3) is 0 Å². The van der Waals surface area contributed by atoms with Gasteiger partial charge in [-0.3, -0.25) is 4.79 Å². The normalized spacial score (nSPS) is 54.2. The molecule has 0 aromatic rings. The van der Waals surface area contributed by atoms with E-state index in [1.807, 2.05) is 0 Å². The largest absolute Gasteiger partial charge is 0.352 e. The lowest BCUT2D eigenvalue weighted by atomic mass is 9.82. The van der Waals surface area contributed by atoms with Crippen molar-refractivity contribution < 1.29 is 4.79 Å². The molecule has 52 valence electrons. The van der Waals surface area contributed by atoms with Crippen LogP contribution < -0.4 is 5.32 Å². The number of carbonyl (C=O) groups is 1. The summed E-state index contributed by atoms with van der Waals surface area (Å²) in [6, 6.07) is 0.516. The van der Waals surface area contributed by atoms with Crippen LogP contribution in [0.1, 0.15) is 6.42 Å². The van der Waals surface area contributed by atoms with Crippen LogP contribution in [-0.4, -0.2) is 11.9 Å². The van der Waals surface area contributed by atoms with Gasteiger partial charge in [-0.2, -0.15) is 0 Å². The Labute approximate surface area is 59.3 Å². The third-order valence-corrected chi connectivity index (χ3v) is 3.07. The number of β-lactam (4-membered cyclic amide) rings is 1. The van der Waals surface area contributed by atoms with Crippen molar-refractivity contribution in [1.82, 2.24) is 5.32 Å². The van der Waals surface area contributed by atoms with E-state index in [1.165, 1.54) is 6.42 Å². The summed E-state index contributed by atoms with van der Waals surface area (Å²) in [5.41, 5.74) is 0. The molecule has 0 aromatic carbocycles. The zero-order valence-corrected chi connectivity index (χ0v) is 5.58. The van der Waals surface area contributed by atoms with E-state index >= 15 is 0 Å². The summed E-state index contributed by atoms with van der Waals surface area (Å²) in [4.78, 5) is 11.0. The molecule has 2 nitrogen and oxygen atoms in total. The van der Waals surface area contributed by atoms with Gasteiger partial charge in [0.1, 0.15) is 0 Å². The van der Waals surface area contributed by atoms with Gasteiger partial charge < -0.3 is 5.32 Å². The van der Waals surface area contributed by atoms with Gasteiger partial charge >= 0.3 is 0 Å². The second kappa shape index (κ2) is 1.29. The van der Waals surface area contributed by atoms with Gasteiger partial charge in [-0.1, -0.05) is 12.2 Å². The fraction of sp³-hybridized carbons (Fsp3) is 0.625. The predicted molar refractivity (Wildman–Crippen MR) is 36.2 cm³/mol. The van der Waals surface area contributed by atoms with E-state index in [1.54, 1.807) is 0 Å². The highest BCUT2D eigenvalue weighted by atomic mass is 16.2. The molecule has 1 saturated heterocycles. The van der Waals surface area contributed by atoms with Crippen molar-refractivity contribution in [3.8, 4) is 0 Å². The molecule has 1 unspecified atom stereocenters. The van der Waals surface area contributed by atoms with E-state index in [0.29, 0.717) is 23.8 Å². The number of fused-ring (bicyclic) bond motifs is 5. The van der Waals surface area contributed by atoms with Gasteiger partial charge in [0, 0.05) is 6.04 Å². The maximum Gasteiger partial charge on any atom is 0.226 e. The van der Waals surface area contributed by atoms with Crippen LogP contribution in [0, 0.1) is 17.8 Å². The molecule has 2 fully saturated rings. The van der Waals surface area contributed by atoms with E-state index < -0.39 is 0 Å². The Kier molecular flexibility index (Phi) is 0.636. The molecule has 1 heterocycles. The van der Waals surface area contributed by atoms with Gasteiger partial charge in [0.05, 0.1) is 5.92 Å². The molecule has 1 aliphatic heterocycles. The Balaban J connectivity index is 2.03. The maximum atomic E-state index is 11.0. The van der Waals surface area contributed by atoms with Crippen LogP contribution in [0.15, 0.2) is 12.2 Å². The molecule has 0 aromatic heterocycles. The summed E-state index contributed by atoms with van der Waals surface area (Å²) in [5, 5.41) is 2.95. The number of rotatable bonds is 0. The van der Waals surface area contributed by atoms with Crippen LogP contribution in [0.3, 0.4) is 0 Å². The maximum absolute atomic E-state index is 11.0. The zero-order valence-electron chi connectivity index (χ0n) is 5.58. The van der Waals surface area contributed by atoms with Crippen molar-refractivity contribution >= 4 is 5.91 Å². The fourth-order valence-electron chi connectivity index (χ4n) is 2.54. The first-order valence-electron chi connectivity index (χ1n) is 3.85. The Morgan fingerprint density at radius 1 is 1.40 bits per heavy atom. The van der Waals surface area contributed by atoms with Gasteiger partial charge in [-0.25, -0.2) is 0 Å². The summed E-state index contributed by atoms with van der Waals surface area (Å²) in [6.07, 6.45) is 5.68. The van der Waals surface area contributed by atoms with Crippen molar-refractivity contribution in [2.24, 2.45) is 17.8 Å². The Morgan fingerprint density at radius 2 is 2.20 bits per heavy atom. The first-order chi connectivity index (χ1) is 4.86. The summed E-state index contributed by atoms with van der Waals surface area (Å²) >= 11 is 0. The molecule has 3 rings (SSSR count). The third-order valence-electron chi connectivity index (χ3n) is 3.07. The van der Waals surface area contributed by atoms with E-state index in [0.717, 1.165) is 0 Å². The molecule has 1 saturated carbocycles. The van der Waals surface area contributed by atoms with Crippen LogP contribution in [0.5, 0.6) is 0 Å². The first kappa shape index (κ1) is 4.94. The third kappa shape index (κ3) is 0.349. The lowest BCUT2D eigenvalue weighted by molar-refractivity contribution is -0.135. The quantitative estimate of drug-likeness (QED) is 0.376. The predicted octanol–water partition coefficient (Wildman–Crippen LogP) is 0.307. The Hall–Kier alpha value is -0.790. The SMILES string of the molecule is O=C1N[C@@H]2[C@H]3C=CC(C3)[C@H]12. The lowest BCUT2D eigenvalue weighted by Crippen LogP contribution is -2.59. The van der Waals surface area contributed by atoms with Crippen LogP contribution in [-0.2, 0) is 4.79 Å². The van der Waals surface area contributed by atoms with Crippen LogP contribution in [0.4, 0.5) is 0 Å².